The molecule has 1 heterocycles. The van der Waals surface area contributed by atoms with Crippen molar-refractivity contribution in [3.05, 3.63) is 35.4 Å². The van der Waals surface area contributed by atoms with Crippen LogP contribution in [0, 0.1) is 11.6 Å². The van der Waals surface area contributed by atoms with Crippen molar-refractivity contribution in [2.45, 2.75) is 25.4 Å². The maximum atomic E-state index is 13.4. The Hall–Kier alpha value is -1.53. The SMILES string of the molecule is O=C(Cc1ccc(F)cc1F)NCCOC1CCNCC1. The quantitative estimate of drug-likeness (QED) is 0.780. The van der Waals surface area contributed by atoms with Crippen molar-refractivity contribution in [1.29, 1.82) is 0 Å². The molecule has 0 bridgehead atoms. The monoisotopic (exact) mass is 298 g/mol. The molecule has 1 saturated heterocycles. The second-order valence-electron chi connectivity index (χ2n) is 5.08. The van der Waals surface area contributed by atoms with Gasteiger partial charge in [-0.25, -0.2) is 8.78 Å². The zero-order chi connectivity index (χ0) is 15.1. The van der Waals surface area contributed by atoms with E-state index in [1.54, 1.807) is 0 Å². The molecule has 0 radical (unpaired) electrons. The molecule has 0 aliphatic carbocycles. The van der Waals surface area contributed by atoms with Crippen molar-refractivity contribution in [2.75, 3.05) is 26.2 Å². The van der Waals surface area contributed by atoms with E-state index in [-0.39, 0.29) is 24.0 Å². The summed E-state index contributed by atoms with van der Waals surface area (Å²) < 4.78 is 31.8. The number of hydrogen-bond acceptors (Lipinski definition) is 3. The van der Waals surface area contributed by atoms with Crippen LogP contribution in [0.4, 0.5) is 8.78 Å². The molecule has 21 heavy (non-hydrogen) atoms. The van der Waals surface area contributed by atoms with Gasteiger partial charge in [-0.1, -0.05) is 6.07 Å². The minimum atomic E-state index is -0.698. The molecule has 1 amide bonds. The molecule has 2 rings (SSSR count). The third kappa shape index (κ3) is 5.40. The van der Waals surface area contributed by atoms with E-state index in [9.17, 15) is 13.6 Å². The van der Waals surface area contributed by atoms with E-state index >= 15 is 0 Å². The molecule has 6 heteroatoms. The Kier molecular flexibility index (Phi) is 6.07. The number of carbonyl (C=O) groups excluding carboxylic acids is 1. The van der Waals surface area contributed by atoms with E-state index < -0.39 is 11.6 Å². The van der Waals surface area contributed by atoms with E-state index in [4.69, 9.17) is 4.74 Å². The van der Waals surface area contributed by atoms with Crippen molar-refractivity contribution >= 4 is 5.91 Å². The van der Waals surface area contributed by atoms with Crippen LogP contribution in [0.25, 0.3) is 0 Å². The number of carbonyl (C=O) groups is 1. The molecular weight excluding hydrogens is 278 g/mol. The van der Waals surface area contributed by atoms with Crippen LogP contribution in [0.15, 0.2) is 18.2 Å². The first-order valence-corrected chi connectivity index (χ1v) is 7.18. The molecule has 0 aromatic heterocycles. The predicted octanol–water partition coefficient (Wildman–Crippen LogP) is 1.39. The van der Waals surface area contributed by atoms with E-state index in [0.717, 1.165) is 38.1 Å². The van der Waals surface area contributed by atoms with E-state index in [1.165, 1.54) is 6.07 Å². The molecule has 1 fully saturated rings. The van der Waals surface area contributed by atoms with Crippen molar-refractivity contribution in [3.63, 3.8) is 0 Å². The highest BCUT2D eigenvalue weighted by molar-refractivity contribution is 5.78. The molecule has 0 saturated carbocycles. The first-order valence-electron chi connectivity index (χ1n) is 7.18. The standard InChI is InChI=1S/C15H20F2N2O2/c16-12-2-1-11(14(17)10-12)9-15(20)19-7-8-21-13-3-5-18-6-4-13/h1-2,10,13,18H,3-9H2,(H,19,20). The zero-order valence-corrected chi connectivity index (χ0v) is 11.8. The number of nitrogens with one attached hydrogen (secondary N) is 2. The van der Waals surface area contributed by atoms with Crippen LogP contribution in [0.5, 0.6) is 0 Å². The van der Waals surface area contributed by atoms with Crippen molar-refractivity contribution in [1.82, 2.24) is 10.6 Å². The van der Waals surface area contributed by atoms with Crippen molar-refractivity contribution < 1.29 is 18.3 Å². The van der Waals surface area contributed by atoms with Gasteiger partial charge >= 0.3 is 0 Å². The topological polar surface area (TPSA) is 50.4 Å². The van der Waals surface area contributed by atoms with Crippen molar-refractivity contribution in [2.24, 2.45) is 0 Å². The second kappa shape index (κ2) is 8.05. The summed E-state index contributed by atoms with van der Waals surface area (Å²) in [6, 6.07) is 3.21. The molecule has 1 aliphatic heterocycles. The average molecular weight is 298 g/mol. The molecule has 0 atom stereocenters. The molecule has 2 N–H and O–H groups in total. The average Bonchev–Trinajstić information content (AvgIpc) is 2.48. The van der Waals surface area contributed by atoms with E-state index in [1.807, 2.05) is 0 Å². The van der Waals surface area contributed by atoms with Gasteiger partial charge in [0.25, 0.3) is 0 Å². The summed E-state index contributed by atoms with van der Waals surface area (Å²) in [4.78, 5) is 11.7. The summed E-state index contributed by atoms with van der Waals surface area (Å²) in [6.07, 6.45) is 2.11. The Labute approximate surface area is 122 Å². The Morgan fingerprint density at radius 1 is 1.33 bits per heavy atom. The van der Waals surface area contributed by atoms with E-state index in [0.29, 0.717) is 13.2 Å². The van der Waals surface area contributed by atoms with Gasteiger partial charge < -0.3 is 15.4 Å². The normalized spacial score (nSPS) is 15.9. The first kappa shape index (κ1) is 15.9. The van der Waals surface area contributed by atoms with Crippen LogP contribution in [-0.4, -0.2) is 38.3 Å². The summed E-state index contributed by atoms with van der Waals surface area (Å²) >= 11 is 0. The van der Waals surface area contributed by atoms with Crippen LogP contribution < -0.4 is 10.6 Å². The summed E-state index contributed by atoms with van der Waals surface area (Å²) in [6.45, 7) is 2.76. The maximum Gasteiger partial charge on any atom is 0.224 e. The largest absolute Gasteiger partial charge is 0.376 e. The second-order valence-corrected chi connectivity index (χ2v) is 5.08. The highest BCUT2D eigenvalue weighted by atomic mass is 19.1. The van der Waals surface area contributed by atoms with Gasteiger partial charge in [0.2, 0.25) is 5.91 Å². The highest BCUT2D eigenvalue weighted by Gasteiger charge is 2.13. The van der Waals surface area contributed by atoms with Gasteiger partial charge in [-0.2, -0.15) is 0 Å². The Balaban J connectivity index is 1.65. The molecule has 4 nitrogen and oxygen atoms in total. The fraction of sp³-hybridized carbons (Fsp3) is 0.533. The van der Waals surface area contributed by atoms with Gasteiger partial charge in [0.15, 0.2) is 0 Å². The lowest BCUT2D eigenvalue weighted by Gasteiger charge is -2.22. The van der Waals surface area contributed by atoms with Gasteiger partial charge in [-0.3, -0.25) is 4.79 Å². The number of hydrogen-bond donors (Lipinski definition) is 2. The Bertz CT molecular complexity index is 477. The summed E-state index contributed by atoms with van der Waals surface area (Å²) in [5, 5.41) is 5.92. The third-order valence-electron chi connectivity index (χ3n) is 3.43. The first-order chi connectivity index (χ1) is 10.1. The number of piperidine rings is 1. The number of rotatable bonds is 6. The number of ether oxygens (including phenoxy) is 1. The van der Waals surface area contributed by atoms with Gasteiger partial charge in [-0.05, 0) is 37.6 Å². The molecule has 0 spiro atoms. The molecular formula is C15H20F2N2O2. The lowest BCUT2D eigenvalue weighted by molar-refractivity contribution is -0.120. The lowest BCUT2D eigenvalue weighted by atomic mass is 10.1. The third-order valence-corrected chi connectivity index (χ3v) is 3.43. The minimum absolute atomic E-state index is 0.0978. The predicted molar refractivity (Wildman–Crippen MR) is 74.9 cm³/mol. The van der Waals surface area contributed by atoms with Gasteiger partial charge in [0.1, 0.15) is 11.6 Å². The van der Waals surface area contributed by atoms with Crippen LogP contribution in [0.2, 0.25) is 0 Å². The fourth-order valence-corrected chi connectivity index (χ4v) is 2.28. The summed E-state index contributed by atoms with van der Waals surface area (Å²) in [5.74, 6) is -1.64. The summed E-state index contributed by atoms with van der Waals surface area (Å²) in [5.41, 5.74) is 0.188. The smallest absolute Gasteiger partial charge is 0.224 e. The van der Waals surface area contributed by atoms with Gasteiger partial charge in [0.05, 0.1) is 19.1 Å². The molecule has 0 unspecified atom stereocenters. The number of benzene rings is 1. The lowest BCUT2D eigenvalue weighted by Crippen LogP contribution is -2.35. The zero-order valence-electron chi connectivity index (χ0n) is 11.8. The minimum Gasteiger partial charge on any atom is -0.376 e. The van der Waals surface area contributed by atoms with Crippen LogP contribution in [0.1, 0.15) is 18.4 Å². The van der Waals surface area contributed by atoms with E-state index in [2.05, 4.69) is 10.6 Å². The van der Waals surface area contributed by atoms with Gasteiger partial charge in [-0.15, -0.1) is 0 Å². The Morgan fingerprint density at radius 3 is 2.81 bits per heavy atom. The highest BCUT2D eigenvalue weighted by Crippen LogP contribution is 2.10. The number of amides is 1. The molecule has 1 aliphatic rings. The maximum absolute atomic E-state index is 13.4. The molecule has 116 valence electrons. The number of halogens is 2. The van der Waals surface area contributed by atoms with Gasteiger partial charge in [0, 0.05) is 12.6 Å². The molecule has 1 aromatic rings. The van der Waals surface area contributed by atoms with Crippen LogP contribution in [0.3, 0.4) is 0 Å². The van der Waals surface area contributed by atoms with Crippen LogP contribution in [-0.2, 0) is 16.0 Å². The summed E-state index contributed by atoms with van der Waals surface area (Å²) in [7, 11) is 0. The van der Waals surface area contributed by atoms with Crippen LogP contribution >= 0.6 is 0 Å². The van der Waals surface area contributed by atoms with Crippen molar-refractivity contribution in [3.8, 4) is 0 Å². The molecule has 1 aromatic carbocycles. The fourth-order valence-electron chi connectivity index (χ4n) is 2.28. The Morgan fingerprint density at radius 2 is 2.10 bits per heavy atom.